The third-order valence-electron chi connectivity index (χ3n) is 3.75. The first-order chi connectivity index (χ1) is 10.3. The van der Waals surface area contributed by atoms with Gasteiger partial charge in [0.15, 0.2) is 0 Å². The Kier molecular flexibility index (Phi) is 4.06. The molecule has 2 aromatic rings. The minimum absolute atomic E-state index is 0.0701. The van der Waals surface area contributed by atoms with E-state index in [0.29, 0.717) is 31.9 Å². The number of carbonyl (C=O) groups is 1. The van der Waals surface area contributed by atoms with E-state index >= 15 is 0 Å². The van der Waals surface area contributed by atoms with E-state index in [9.17, 15) is 4.79 Å². The van der Waals surface area contributed by atoms with Crippen LogP contribution in [0.1, 0.15) is 11.5 Å². The van der Waals surface area contributed by atoms with Crippen LogP contribution >= 0.6 is 0 Å². The fraction of sp³-hybridized carbons (Fsp3) is 0.467. The molecule has 6 nitrogen and oxygen atoms in total. The summed E-state index contributed by atoms with van der Waals surface area (Å²) in [5.74, 6) is 1.03. The average Bonchev–Trinajstić information content (AvgIpc) is 3.08. The topological polar surface area (TPSA) is 60.5 Å². The van der Waals surface area contributed by atoms with Crippen LogP contribution in [0.4, 0.5) is 0 Å². The molecular formula is C15H19N3O3. The Labute approximate surface area is 123 Å². The molecule has 0 saturated carbocycles. The lowest BCUT2D eigenvalue weighted by molar-refractivity contribution is -0.132. The van der Waals surface area contributed by atoms with E-state index in [2.05, 4.69) is 9.55 Å². The third kappa shape index (κ3) is 3.16. The molecule has 3 rings (SSSR count). The molecule has 3 heterocycles. The van der Waals surface area contributed by atoms with E-state index in [1.54, 1.807) is 19.4 Å². The van der Waals surface area contributed by atoms with Crippen molar-refractivity contribution in [1.82, 2.24) is 14.5 Å². The van der Waals surface area contributed by atoms with Crippen molar-refractivity contribution in [2.24, 2.45) is 5.92 Å². The first kappa shape index (κ1) is 13.9. The molecule has 0 aromatic carbocycles. The Morgan fingerprint density at radius 1 is 1.52 bits per heavy atom. The van der Waals surface area contributed by atoms with E-state index in [1.165, 1.54) is 0 Å². The van der Waals surface area contributed by atoms with E-state index in [4.69, 9.17) is 9.15 Å². The lowest BCUT2D eigenvalue weighted by Crippen LogP contribution is -2.36. The number of amides is 1. The molecule has 1 amide bonds. The second kappa shape index (κ2) is 6.13. The molecule has 112 valence electrons. The summed E-state index contributed by atoms with van der Waals surface area (Å²) >= 11 is 0. The number of nitrogens with zero attached hydrogens (tertiary/aromatic N) is 3. The highest BCUT2D eigenvalue weighted by molar-refractivity contribution is 5.78. The average molecular weight is 289 g/mol. The highest BCUT2D eigenvalue weighted by Gasteiger charge is 2.25. The zero-order chi connectivity index (χ0) is 14.7. The molecule has 0 fully saturated rings. The Hall–Kier alpha value is -2.08. The smallest absolute Gasteiger partial charge is 0.230 e. The van der Waals surface area contributed by atoms with Crippen LogP contribution in [0, 0.1) is 5.92 Å². The molecule has 0 aliphatic carbocycles. The van der Waals surface area contributed by atoms with Crippen molar-refractivity contribution < 1.29 is 13.9 Å². The van der Waals surface area contributed by atoms with Gasteiger partial charge in [0.2, 0.25) is 5.91 Å². The number of hydrogen-bond acceptors (Lipinski definition) is 4. The Balaban J connectivity index is 1.75. The van der Waals surface area contributed by atoms with E-state index < -0.39 is 0 Å². The Morgan fingerprint density at radius 2 is 2.43 bits per heavy atom. The summed E-state index contributed by atoms with van der Waals surface area (Å²) < 4.78 is 12.6. The number of furan rings is 1. The standard InChI is InChI=1S/C15H19N3O3/c1-20-10-12-7-17(9-13-6-16-11-18(13)8-12)15(19)5-14-3-2-4-21-14/h2-4,6,11-12H,5,7-10H2,1H3/t12-/m1/s1. The van der Waals surface area contributed by atoms with Crippen molar-refractivity contribution in [1.29, 1.82) is 0 Å². The molecule has 1 atom stereocenters. The summed E-state index contributed by atoms with van der Waals surface area (Å²) in [4.78, 5) is 18.5. The minimum atomic E-state index is 0.0701. The lowest BCUT2D eigenvalue weighted by atomic mass is 10.1. The highest BCUT2D eigenvalue weighted by Crippen LogP contribution is 2.17. The number of methoxy groups -OCH3 is 1. The second-order valence-electron chi connectivity index (χ2n) is 5.39. The zero-order valence-corrected chi connectivity index (χ0v) is 12.1. The summed E-state index contributed by atoms with van der Waals surface area (Å²) in [6.07, 6.45) is 5.52. The van der Waals surface area contributed by atoms with E-state index in [0.717, 1.165) is 12.2 Å². The Bertz CT molecular complexity index is 591. The maximum atomic E-state index is 12.5. The number of fused-ring (bicyclic) bond motifs is 1. The van der Waals surface area contributed by atoms with Crippen LogP contribution in [0.25, 0.3) is 0 Å². The number of carbonyl (C=O) groups excluding carboxylic acids is 1. The van der Waals surface area contributed by atoms with Crippen LogP contribution in [0.2, 0.25) is 0 Å². The molecule has 21 heavy (non-hydrogen) atoms. The Morgan fingerprint density at radius 3 is 3.19 bits per heavy atom. The fourth-order valence-corrected chi connectivity index (χ4v) is 2.76. The third-order valence-corrected chi connectivity index (χ3v) is 3.75. The van der Waals surface area contributed by atoms with Crippen molar-refractivity contribution in [2.75, 3.05) is 20.3 Å². The van der Waals surface area contributed by atoms with Crippen LogP contribution in [-0.4, -0.2) is 40.6 Å². The quantitative estimate of drug-likeness (QED) is 0.852. The monoisotopic (exact) mass is 289 g/mol. The molecule has 0 bridgehead atoms. The van der Waals surface area contributed by atoms with Gasteiger partial charge in [-0.05, 0) is 12.1 Å². The van der Waals surface area contributed by atoms with Crippen molar-refractivity contribution in [3.8, 4) is 0 Å². The van der Waals surface area contributed by atoms with Crippen LogP contribution in [0.3, 0.4) is 0 Å². The maximum absolute atomic E-state index is 12.5. The molecule has 1 aliphatic heterocycles. The predicted octanol–water partition coefficient (Wildman–Crippen LogP) is 1.32. The summed E-state index contributed by atoms with van der Waals surface area (Å²) in [7, 11) is 1.69. The first-order valence-corrected chi connectivity index (χ1v) is 7.04. The maximum Gasteiger partial charge on any atom is 0.230 e. The summed E-state index contributed by atoms with van der Waals surface area (Å²) in [5.41, 5.74) is 1.06. The van der Waals surface area contributed by atoms with Gasteiger partial charge in [0.05, 0.1) is 37.9 Å². The van der Waals surface area contributed by atoms with Crippen molar-refractivity contribution >= 4 is 5.91 Å². The normalized spacial score (nSPS) is 18.3. The molecule has 6 heteroatoms. The highest BCUT2D eigenvalue weighted by atomic mass is 16.5. The summed E-state index contributed by atoms with van der Waals surface area (Å²) in [6, 6.07) is 3.63. The minimum Gasteiger partial charge on any atom is -0.469 e. The molecule has 0 radical (unpaired) electrons. The van der Waals surface area contributed by atoms with Gasteiger partial charge in [0, 0.05) is 32.3 Å². The van der Waals surface area contributed by atoms with E-state index in [-0.39, 0.29) is 11.8 Å². The van der Waals surface area contributed by atoms with Gasteiger partial charge in [-0.3, -0.25) is 4.79 Å². The van der Waals surface area contributed by atoms with Crippen LogP contribution in [0.5, 0.6) is 0 Å². The molecule has 0 saturated heterocycles. The molecule has 2 aromatic heterocycles. The number of imidazole rings is 1. The van der Waals surface area contributed by atoms with Crippen LogP contribution in [0.15, 0.2) is 35.3 Å². The van der Waals surface area contributed by atoms with Gasteiger partial charge in [-0.15, -0.1) is 0 Å². The van der Waals surface area contributed by atoms with Gasteiger partial charge in [-0.2, -0.15) is 0 Å². The molecule has 1 aliphatic rings. The molecule has 0 N–H and O–H groups in total. The lowest BCUT2D eigenvalue weighted by Gasteiger charge is -2.23. The van der Waals surface area contributed by atoms with Gasteiger partial charge < -0.3 is 18.6 Å². The van der Waals surface area contributed by atoms with Crippen molar-refractivity contribution in [3.63, 3.8) is 0 Å². The number of hydrogen-bond donors (Lipinski definition) is 0. The molecular weight excluding hydrogens is 270 g/mol. The SMILES string of the molecule is COC[C@@H]1CN(C(=O)Cc2ccco2)Cc2cncn2C1. The van der Waals surface area contributed by atoms with Gasteiger partial charge in [-0.1, -0.05) is 0 Å². The predicted molar refractivity (Wildman–Crippen MR) is 75.4 cm³/mol. The number of ether oxygens (including phenoxy) is 1. The van der Waals surface area contributed by atoms with Gasteiger partial charge >= 0.3 is 0 Å². The van der Waals surface area contributed by atoms with Gasteiger partial charge in [-0.25, -0.2) is 4.98 Å². The van der Waals surface area contributed by atoms with E-state index in [1.807, 2.05) is 23.5 Å². The zero-order valence-electron chi connectivity index (χ0n) is 12.1. The number of rotatable bonds is 4. The second-order valence-corrected chi connectivity index (χ2v) is 5.39. The van der Waals surface area contributed by atoms with Crippen molar-refractivity contribution in [2.45, 2.75) is 19.5 Å². The van der Waals surface area contributed by atoms with Gasteiger partial charge in [0.25, 0.3) is 0 Å². The fourth-order valence-electron chi connectivity index (χ4n) is 2.76. The summed E-state index contributed by atoms with van der Waals surface area (Å²) in [5, 5.41) is 0. The van der Waals surface area contributed by atoms with Crippen LogP contribution in [-0.2, 0) is 29.0 Å². The molecule has 0 spiro atoms. The number of aromatic nitrogens is 2. The van der Waals surface area contributed by atoms with Crippen LogP contribution < -0.4 is 0 Å². The first-order valence-electron chi connectivity index (χ1n) is 7.04. The van der Waals surface area contributed by atoms with Crippen molar-refractivity contribution in [3.05, 3.63) is 42.4 Å². The van der Waals surface area contributed by atoms with Gasteiger partial charge in [0.1, 0.15) is 5.76 Å². The largest absolute Gasteiger partial charge is 0.469 e. The molecule has 0 unspecified atom stereocenters. The summed E-state index contributed by atoms with van der Waals surface area (Å²) in [6.45, 7) is 2.73.